The summed E-state index contributed by atoms with van der Waals surface area (Å²) in [4.78, 5) is 4.68. The number of furan rings is 2. The van der Waals surface area contributed by atoms with Crippen LogP contribution in [0.4, 0.5) is 34.1 Å². The highest BCUT2D eigenvalue weighted by atomic mass is 16.3. The molecule has 8 aromatic carbocycles. The van der Waals surface area contributed by atoms with E-state index in [0.29, 0.717) is 0 Å². The van der Waals surface area contributed by atoms with Gasteiger partial charge in [0, 0.05) is 61.4 Å². The summed E-state index contributed by atoms with van der Waals surface area (Å²) >= 11 is 0. The van der Waals surface area contributed by atoms with Crippen molar-refractivity contribution in [2.24, 2.45) is 0 Å². The van der Waals surface area contributed by atoms with Gasteiger partial charge >= 0.3 is 0 Å². The summed E-state index contributed by atoms with van der Waals surface area (Å²) in [7, 11) is 0. The van der Waals surface area contributed by atoms with Crippen molar-refractivity contribution in [1.29, 1.82) is 0 Å². The fourth-order valence-electron chi connectivity index (χ4n) is 7.32. The van der Waals surface area contributed by atoms with Crippen LogP contribution in [0.2, 0.25) is 0 Å². The van der Waals surface area contributed by atoms with Crippen LogP contribution in [0, 0.1) is 0 Å². The third-order valence-corrected chi connectivity index (χ3v) is 9.59. The maximum atomic E-state index is 6.40. The number of hydrogen-bond acceptors (Lipinski definition) is 4. The average molecular weight is 643 g/mol. The minimum absolute atomic E-state index is 0.858. The second-order valence-corrected chi connectivity index (χ2v) is 12.6. The Morgan fingerprint density at radius 3 is 1.54 bits per heavy atom. The SMILES string of the molecule is c1ccc(N(c2cc(N(c3ccccc3)c3ccc4c(c3)oc3ccccc34)c3ccccc3c2)c2ccc3oc4ccccc4c3c2)cc1. The van der Waals surface area contributed by atoms with Gasteiger partial charge in [0.25, 0.3) is 0 Å². The third kappa shape index (κ3) is 4.61. The minimum Gasteiger partial charge on any atom is -0.456 e. The normalized spacial score (nSPS) is 11.6. The summed E-state index contributed by atoms with van der Waals surface area (Å²) < 4.78 is 12.6. The molecule has 0 fully saturated rings. The number of fused-ring (bicyclic) bond motifs is 7. The molecule has 0 N–H and O–H groups in total. The van der Waals surface area contributed by atoms with Crippen molar-refractivity contribution < 1.29 is 8.83 Å². The third-order valence-electron chi connectivity index (χ3n) is 9.59. The van der Waals surface area contributed by atoms with Gasteiger partial charge in [-0.05, 0) is 84.2 Å². The van der Waals surface area contributed by atoms with Crippen LogP contribution < -0.4 is 9.80 Å². The number of nitrogens with zero attached hydrogens (tertiary/aromatic N) is 2. The Labute approximate surface area is 288 Å². The first-order valence-electron chi connectivity index (χ1n) is 16.8. The first-order valence-corrected chi connectivity index (χ1v) is 16.8. The molecule has 0 spiro atoms. The van der Waals surface area contributed by atoms with Crippen molar-refractivity contribution in [3.8, 4) is 0 Å². The van der Waals surface area contributed by atoms with Crippen LogP contribution in [0.5, 0.6) is 0 Å². The lowest BCUT2D eigenvalue weighted by molar-refractivity contribution is 0.668. The van der Waals surface area contributed by atoms with Gasteiger partial charge in [-0.25, -0.2) is 0 Å². The molecule has 0 saturated heterocycles. The number of para-hydroxylation sites is 4. The van der Waals surface area contributed by atoms with E-state index in [1.54, 1.807) is 0 Å². The lowest BCUT2D eigenvalue weighted by Crippen LogP contribution is -2.13. The summed E-state index contributed by atoms with van der Waals surface area (Å²) in [6.07, 6.45) is 0. The molecule has 0 saturated carbocycles. The maximum Gasteiger partial charge on any atom is 0.137 e. The van der Waals surface area contributed by atoms with Crippen LogP contribution in [0.1, 0.15) is 0 Å². The van der Waals surface area contributed by atoms with Crippen LogP contribution in [0.3, 0.4) is 0 Å². The van der Waals surface area contributed by atoms with Gasteiger partial charge in [-0.15, -0.1) is 0 Å². The van der Waals surface area contributed by atoms with E-state index >= 15 is 0 Å². The number of benzene rings is 8. The topological polar surface area (TPSA) is 32.8 Å². The molecule has 4 nitrogen and oxygen atoms in total. The molecule has 0 aliphatic heterocycles. The van der Waals surface area contributed by atoms with Crippen molar-refractivity contribution in [1.82, 2.24) is 0 Å². The van der Waals surface area contributed by atoms with E-state index in [1.165, 1.54) is 0 Å². The fraction of sp³-hybridized carbons (Fsp3) is 0. The van der Waals surface area contributed by atoms with Gasteiger partial charge in [0.05, 0.1) is 5.69 Å². The zero-order valence-electron chi connectivity index (χ0n) is 27.0. The Bertz CT molecular complexity index is 2840. The Kier molecular flexibility index (Phi) is 6.46. The molecule has 0 aliphatic carbocycles. The first kappa shape index (κ1) is 28.3. The zero-order valence-corrected chi connectivity index (χ0v) is 27.0. The Morgan fingerprint density at radius 1 is 0.280 bits per heavy atom. The standard InChI is InChI=1S/C46H30N2O2/c1-3-14-32(15-4-1)47(34-24-26-45-41(28-34)39-20-10-12-22-44(39)49-45)36-27-31-13-7-8-18-37(31)42(29-36)48(33-16-5-2-6-17-33)35-23-25-40-38-19-9-11-21-43(38)50-46(40)30-35/h1-30H. The molecule has 0 radical (unpaired) electrons. The van der Waals surface area contributed by atoms with Crippen molar-refractivity contribution in [3.05, 3.63) is 182 Å². The average Bonchev–Trinajstić information content (AvgIpc) is 3.74. The lowest BCUT2D eigenvalue weighted by atomic mass is 10.0. The van der Waals surface area contributed by atoms with E-state index in [9.17, 15) is 0 Å². The lowest BCUT2D eigenvalue weighted by Gasteiger charge is -2.30. The molecule has 0 aliphatic rings. The van der Waals surface area contributed by atoms with Crippen molar-refractivity contribution in [2.75, 3.05) is 9.80 Å². The second-order valence-electron chi connectivity index (χ2n) is 12.6. The summed E-state index contributed by atoms with van der Waals surface area (Å²) in [5.41, 5.74) is 9.80. The molecule has 2 heterocycles. The van der Waals surface area contributed by atoms with Crippen LogP contribution in [0.25, 0.3) is 54.6 Å². The number of hydrogen-bond donors (Lipinski definition) is 0. The Hall–Kier alpha value is -6.78. The Morgan fingerprint density at radius 2 is 0.800 bits per heavy atom. The molecule has 4 heteroatoms. The van der Waals surface area contributed by atoms with Gasteiger partial charge in [0.1, 0.15) is 22.3 Å². The summed E-state index contributed by atoms with van der Waals surface area (Å²) in [5.74, 6) is 0. The predicted octanol–water partition coefficient (Wildman–Crippen LogP) is 13.6. The molecule has 0 unspecified atom stereocenters. The molecular weight excluding hydrogens is 613 g/mol. The van der Waals surface area contributed by atoms with Gasteiger partial charge in [-0.3, -0.25) is 0 Å². The van der Waals surface area contributed by atoms with Crippen molar-refractivity contribution >= 4 is 88.8 Å². The molecular formula is C46H30N2O2. The van der Waals surface area contributed by atoms with Crippen LogP contribution >= 0.6 is 0 Å². The monoisotopic (exact) mass is 642 g/mol. The maximum absolute atomic E-state index is 6.40. The van der Waals surface area contributed by atoms with Crippen molar-refractivity contribution in [3.63, 3.8) is 0 Å². The molecule has 0 amide bonds. The van der Waals surface area contributed by atoms with Gasteiger partial charge in [0.15, 0.2) is 0 Å². The summed E-state index contributed by atoms with van der Waals surface area (Å²) in [6.45, 7) is 0. The highest BCUT2D eigenvalue weighted by Gasteiger charge is 2.22. The van der Waals surface area contributed by atoms with Crippen molar-refractivity contribution in [2.45, 2.75) is 0 Å². The van der Waals surface area contributed by atoms with Gasteiger partial charge < -0.3 is 18.6 Å². The minimum atomic E-state index is 0.858. The molecule has 10 rings (SSSR count). The molecule has 2 aromatic heterocycles. The molecule has 236 valence electrons. The van der Waals surface area contributed by atoms with Gasteiger partial charge in [-0.2, -0.15) is 0 Å². The number of anilines is 6. The summed E-state index contributed by atoms with van der Waals surface area (Å²) in [6, 6.07) is 63.9. The molecule has 10 aromatic rings. The number of rotatable bonds is 6. The molecule has 0 atom stereocenters. The van der Waals surface area contributed by atoms with Crippen LogP contribution in [-0.4, -0.2) is 0 Å². The first-order chi connectivity index (χ1) is 24.8. The van der Waals surface area contributed by atoms with E-state index in [-0.39, 0.29) is 0 Å². The summed E-state index contributed by atoms with van der Waals surface area (Å²) in [5, 5.41) is 6.70. The zero-order chi connectivity index (χ0) is 33.0. The van der Waals surface area contributed by atoms with Gasteiger partial charge in [0.2, 0.25) is 0 Å². The van der Waals surface area contributed by atoms with E-state index < -0.39 is 0 Å². The Balaban J connectivity index is 1.22. The smallest absolute Gasteiger partial charge is 0.137 e. The van der Waals surface area contributed by atoms with Crippen LogP contribution in [0.15, 0.2) is 191 Å². The second kappa shape index (κ2) is 11.4. The highest BCUT2D eigenvalue weighted by molar-refractivity contribution is 6.09. The van der Waals surface area contributed by atoms with Gasteiger partial charge in [-0.1, -0.05) is 97.1 Å². The van der Waals surface area contributed by atoms with E-state index in [2.05, 4.69) is 168 Å². The fourth-order valence-corrected chi connectivity index (χ4v) is 7.32. The quantitative estimate of drug-likeness (QED) is 0.181. The highest BCUT2D eigenvalue weighted by Crippen LogP contribution is 2.46. The molecule has 0 bridgehead atoms. The van der Waals surface area contributed by atoms with Crippen LogP contribution in [-0.2, 0) is 0 Å². The molecule has 50 heavy (non-hydrogen) atoms. The predicted molar refractivity (Wildman–Crippen MR) is 208 cm³/mol. The van der Waals surface area contributed by atoms with E-state index in [0.717, 1.165) is 88.8 Å². The van der Waals surface area contributed by atoms with E-state index in [1.807, 2.05) is 24.3 Å². The largest absolute Gasteiger partial charge is 0.456 e. The van der Waals surface area contributed by atoms with E-state index in [4.69, 9.17) is 8.83 Å².